The van der Waals surface area contributed by atoms with Crippen LogP contribution in [0.1, 0.15) is 26.8 Å². The van der Waals surface area contributed by atoms with Crippen LogP contribution >= 0.6 is 0 Å². The minimum Gasteiger partial charge on any atom is -0.323 e. The van der Waals surface area contributed by atoms with Crippen molar-refractivity contribution < 1.29 is 4.79 Å². The van der Waals surface area contributed by atoms with Crippen LogP contribution in [0.2, 0.25) is 0 Å². The maximum Gasteiger partial charge on any atom is 0.164 e. The summed E-state index contributed by atoms with van der Waals surface area (Å²) in [5, 5.41) is 0. The number of hydrogen-bond acceptors (Lipinski definition) is 2. The fourth-order valence-electron chi connectivity index (χ4n) is 1.24. The molecule has 3 heteroatoms. The molecule has 1 unspecified atom stereocenters. The SMILES string of the molecule is C=CC(C(=O)C(C)(C)C)n1ccnc1. The van der Waals surface area contributed by atoms with Crippen LogP contribution in [0.25, 0.3) is 0 Å². The normalized spacial score (nSPS) is 13.6. The Labute approximate surface area is 84.5 Å². The van der Waals surface area contributed by atoms with E-state index in [9.17, 15) is 4.79 Å². The van der Waals surface area contributed by atoms with Gasteiger partial charge in [-0.2, -0.15) is 0 Å². The van der Waals surface area contributed by atoms with Crippen molar-refractivity contribution in [3.63, 3.8) is 0 Å². The van der Waals surface area contributed by atoms with Gasteiger partial charge in [0.2, 0.25) is 0 Å². The summed E-state index contributed by atoms with van der Waals surface area (Å²) >= 11 is 0. The maximum absolute atomic E-state index is 12.0. The van der Waals surface area contributed by atoms with E-state index >= 15 is 0 Å². The Morgan fingerprint density at radius 3 is 2.57 bits per heavy atom. The largest absolute Gasteiger partial charge is 0.323 e. The lowest BCUT2D eigenvalue weighted by Crippen LogP contribution is -2.28. The fourth-order valence-corrected chi connectivity index (χ4v) is 1.24. The average Bonchev–Trinajstić information content (AvgIpc) is 2.57. The van der Waals surface area contributed by atoms with Crippen molar-refractivity contribution in [2.24, 2.45) is 5.41 Å². The first-order chi connectivity index (χ1) is 6.46. The van der Waals surface area contributed by atoms with Gasteiger partial charge in [-0.05, 0) is 0 Å². The Hall–Kier alpha value is -1.38. The third-order valence-electron chi connectivity index (χ3n) is 2.08. The zero-order valence-corrected chi connectivity index (χ0v) is 8.90. The van der Waals surface area contributed by atoms with E-state index < -0.39 is 0 Å². The van der Waals surface area contributed by atoms with E-state index in [0.717, 1.165) is 0 Å². The van der Waals surface area contributed by atoms with Crippen molar-refractivity contribution in [1.82, 2.24) is 9.55 Å². The van der Waals surface area contributed by atoms with Crippen molar-refractivity contribution >= 4 is 5.78 Å². The van der Waals surface area contributed by atoms with Gasteiger partial charge in [-0.15, -0.1) is 6.58 Å². The lowest BCUT2D eigenvalue weighted by atomic mass is 9.86. The first-order valence-electron chi connectivity index (χ1n) is 4.61. The Morgan fingerprint density at radius 2 is 2.21 bits per heavy atom. The van der Waals surface area contributed by atoms with Gasteiger partial charge < -0.3 is 4.57 Å². The van der Waals surface area contributed by atoms with E-state index in [-0.39, 0.29) is 17.2 Å². The Morgan fingerprint density at radius 1 is 1.57 bits per heavy atom. The highest BCUT2D eigenvalue weighted by Gasteiger charge is 2.28. The van der Waals surface area contributed by atoms with Gasteiger partial charge >= 0.3 is 0 Å². The summed E-state index contributed by atoms with van der Waals surface area (Å²) in [6.07, 6.45) is 6.72. The molecule has 0 saturated heterocycles. The highest BCUT2D eigenvalue weighted by atomic mass is 16.1. The molecule has 0 radical (unpaired) electrons. The number of nitrogens with zero attached hydrogens (tertiary/aromatic N) is 2. The monoisotopic (exact) mass is 192 g/mol. The standard InChI is InChI=1S/C11H16N2O/c1-5-9(10(14)11(2,3)4)13-7-6-12-8-13/h5-9H,1H2,2-4H3. The lowest BCUT2D eigenvalue weighted by Gasteiger charge is -2.22. The van der Waals surface area contributed by atoms with Crippen molar-refractivity contribution in [3.8, 4) is 0 Å². The van der Waals surface area contributed by atoms with Gasteiger partial charge in [0.25, 0.3) is 0 Å². The second-order valence-corrected chi connectivity index (χ2v) is 4.30. The Kier molecular flexibility index (Phi) is 2.89. The second kappa shape index (κ2) is 3.78. The van der Waals surface area contributed by atoms with Gasteiger partial charge in [0.15, 0.2) is 5.78 Å². The van der Waals surface area contributed by atoms with E-state index in [1.54, 1.807) is 29.4 Å². The topological polar surface area (TPSA) is 34.9 Å². The van der Waals surface area contributed by atoms with Crippen LogP contribution in [0.15, 0.2) is 31.4 Å². The van der Waals surface area contributed by atoms with Crippen LogP contribution in [-0.4, -0.2) is 15.3 Å². The summed E-state index contributed by atoms with van der Waals surface area (Å²) in [7, 11) is 0. The van der Waals surface area contributed by atoms with Gasteiger partial charge in [-0.1, -0.05) is 26.8 Å². The Bertz CT molecular complexity index is 320. The van der Waals surface area contributed by atoms with Gasteiger partial charge in [0, 0.05) is 17.8 Å². The summed E-state index contributed by atoms with van der Waals surface area (Å²) < 4.78 is 1.76. The van der Waals surface area contributed by atoms with E-state index in [0.29, 0.717) is 0 Å². The molecule has 0 fully saturated rings. The van der Waals surface area contributed by atoms with Gasteiger partial charge in [0.1, 0.15) is 6.04 Å². The van der Waals surface area contributed by atoms with Crippen LogP contribution in [-0.2, 0) is 4.79 Å². The highest BCUT2D eigenvalue weighted by Crippen LogP contribution is 2.23. The van der Waals surface area contributed by atoms with E-state index in [2.05, 4.69) is 11.6 Å². The van der Waals surface area contributed by atoms with Crippen LogP contribution in [0.3, 0.4) is 0 Å². The number of aromatic nitrogens is 2. The van der Waals surface area contributed by atoms with Gasteiger partial charge in [0.05, 0.1) is 6.33 Å². The molecule has 0 amide bonds. The maximum atomic E-state index is 12.0. The zero-order chi connectivity index (χ0) is 10.8. The molecule has 1 aromatic heterocycles. The van der Waals surface area contributed by atoms with Crippen LogP contribution in [0, 0.1) is 5.41 Å². The second-order valence-electron chi connectivity index (χ2n) is 4.30. The zero-order valence-electron chi connectivity index (χ0n) is 8.90. The Balaban J connectivity index is 2.94. The predicted molar refractivity (Wildman–Crippen MR) is 55.9 cm³/mol. The average molecular weight is 192 g/mol. The molecule has 1 atom stereocenters. The smallest absolute Gasteiger partial charge is 0.164 e. The number of ketones is 1. The minimum atomic E-state index is -0.358. The van der Waals surface area contributed by atoms with Crippen LogP contribution < -0.4 is 0 Å². The van der Waals surface area contributed by atoms with Gasteiger partial charge in [-0.25, -0.2) is 4.98 Å². The molecule has 14 heavy (non-hydrogen) atoms. The summed E-state index contributed by atoms with van der Waals surface area (Å²) in [5.41, 5.74) is -0.358. The molecule has 0 bridgehead atoms. The van der Waals surface area contributed by atoms with E-state index in [1.807, 2.05) is 20.8 Å². The molecule has 0 N–H and O–H groups in total. The molecule has 1 rings (SSSR count). The molecule has 0 saturated carbocycles. The first kappa shape index (κ1) is 10.7. The van der Waals surface area contributed by atoms with E-state index in [1.165, 1.54) is 0 Å². The van der Waals surface area contributed by atoms with Crippen molar-refractivity contribution in [2.75, 3.05) is 0 Å². The molecule has 0 aliphatic carbocycles. The number of hydrogen-bond donors (Lipinski definition) is 0. The minimum absolute atomic E-state index is 0.144. The summed E-state index contributed by atoms with van der Waals surface area (Å²) in [5.74, 6) is 0.144. The number of rotatable bonds is 3. The first-order valence-corrected chi connectivity index (χ1v) is 4.61. The predicted octanol–water partition coefficient (Wildman–Crippen LogP) is 2.23. The van der Waals surface area contributed by atoms with Crippen LogP contribution in [0.5, 0.6) is 0 Å². The molecule has 76 valence electrons. The van der Waals surface area contributed by atoms with Crippen molar-refractivity contribution in [3.05, 3.63) is 31.4 Å². The molecule has 0 aliphatic rings. The van der Waals surface area contributed by atoms with Crippen molar-refractivity contribution in [2.45, 2.75) is 26.8 Å². The molecule has 3 nitrogen and oxygen atoms in total. The number of carbonyl (C=O) groups is 1. The summed E-state index contributed by atoms with van der Waals surface area (Å²) in [4.78, 5) is 15.9. The van der Waals surface area contributed by atoms with Crippen molar-refractivity contribution in [1.29, 1.82) is 0 Å². The number of Topliss-reactive ketones (excluding diaryl/α,β-unsaturated/α-hetero) is 1. The quantitative estimate of drug-likeness (QED) is 0.688. The van der Waals surface area contributed by atoms with Crippen LogP contribution in [0.4, 0.5) is 0 Å². The lowest BCUT2D eigenvalue weighted by molar-refractivity contribution is -0.128. The highest BCUT2D eigenvalue weighted by molar-refractivity contribution is 5.88. The molecule has 1 aromatic rings. The summed E-state index contributed by atoms with van der Waals surface area (Å²) in [6, 6.07) is -0.308. The third kappa shape index (κ3) is 2.10. The molecule has 0 aliphatic heterocycles. The number of carbonyl (C=O) groups excluding carboxylic acids is 1. The summed E-state index contributed by atoms with van der Waals surface area (Å²) in [6.45, 7) is 9.40. The molecule has 0 spiro atoms. The number of allylic oxidation sites excluding steroid dienone is 1. The molecular weight excluding hydrogens is 176 g/mol. The fraction of sp³-hybridized carbons (Fsp3) is 0.455. The number of imidazole rings is 1. The molecule has 0 aromatic carbocycles. The molecular formula is C11H16N2O. The van der Waals surface area contributed by atoms with Gasteiger partial charge in [-0.3, -0.25) is 4.79 Å². The third-order valence-corrected chi connectivity index (χ3v) is 2.08. The molecule has 1 heterocycles. The van der Waals surface area contributed by atoms with E-state index in [4.69, 9.17) is 0 Å².